The molecule has 0 saturated carbocycles. The second kappa shape index (κ2) is 6.56. The van der Waals surface area contributed by atoms with Crippen molar-refractivity contribution in [2.45, 2.75) is 6.10 Å². The summed E-state index contributed by atoms with van der Waals surface area (Å²) in [5, 5.41) is 12.3. The van der Waals surface area contributed by atoms with Crippen LogP contribution >= 0.6 is 0 Å². The molecule has 98 valence electrons. The van der Waals surface area contributed by atoms with E-state index in [-0.39, 0.29) is 12.5 Å². The van der Waals surface area contributed by atoms with Crippen LogP contribution in [0.3, 0.4) is 0 Å². The number of aliphatic hydroxyl groups is 1. The molecule has 1 unspecified atom stereocenters. The standard InChI is InChI=1S/C15H15NO3/c17-13(14-7-4-10-19-14)11-16-15(18)9-8-12-5-2-1-3-6-12/h1-10,13,17H,11H2,(H,16,18)/b9-8+. The molecule has 4 nitrogen and oxygen atoms in total. The first kappa shape index (κ1) is 13.1. The summed E-state index contributed by atoms with van der Waals surface area (Å²) in [6, 6.07) is 12.9. The second-order valence-electron chi connectivity index (χ2n) is 4.02. The summed E-state index contributed by atoms with van der Waals surface area (Å²) in [6.45, 7) is 0.117. The van der Waals surface area contributed by atoms with Crippen molar-refractivity contribution in [1.29, 1.82) is 0 Å². The van der Waals surface area contributed by atoms with Crippen LogP contribution in [-0.4, -0.2) is 17.6 Å². The van der Waals surface area contributed by atoms with E-state index in [1.807, 2.05) is 30.3 Å². The van der Waals surface area contributed by atoms with E-state index in [1.54, 1.807) is 18.2 Å². The third-order valence-corrected chi connectivity index (χ3v) is 2.57. The maximum absolute atomic E-state index is 11.6. The average molecular weight is 257 g/mol. The van der Waals surface area contributed by atoms with E-state index in [2.05, 4.69) is 5.32 Å². The first-order valence-corrected chi connectivity index (χ1v) is 5.98. The Balaban J connectivity index is 1.80. The summed E-state index contributed by atoms with van der Waals surface area (Å²) in [5.41, 5.74) is 0.948. The number of carbonyl (C=O) groups excluding carboxylic acids is 1. The minimum absolute atomic E-state index is 0.117. The quantitative estimate of drug-likeness (QED) is 0.807. The van der Waals surface area contributed by atoms with Crippen LogP contribution in [0.4, 0.5) is 0 Å². The van der Waals surface area contributed by atoms with E-state index in [1.165, 1.54) is 12.3 Å². The molecular formula is C15H15NO3. The molecule has 2 N–H and O–H groups in total. The van der Waals surface area contributed by atoms with Crippen molar-refractivity contribution in [3.8, 4) is 0 Å². The third kappa shape index (κ3) is 4.12. The van der Waals surface area contributed by atoms with E-state index in [0.29, 0.717) is 5.76 Å². The minimum atomic E-state index is -0.830. The van der Waals surface area contributed by atoms with E-state index < -0.39 is 6.10 Å². The molecule has 0 bridgehead atoms. The Morgan fingerprint density at radius 3 is 2.74 bits per heavy atom. The Bertz CT molecular complexity index is 532. The highest BCUT2D eigenvalue weighted by atomic mass is 16.4. The summed E-state index contributed by atoms with van der Waals surface area (Å²) in [5.74, 6) is 0.182. The van der Waals surface area contributed by atoms with Gasteiger partial charge in [-0.3, -0.25) is 4.79 Å². The van der Waals surface area contributed by atoms with Crippen molar-refractivity contribution in [2.24, 2.45) is 0 Å². The topological polar surface area (TPSA) is 62.5 Å². The monoisotopic (exact) mass is 257 g/mol. The molecule has 0 aliphatic carbocycles. The van der Waals surface area contributed by atoms with Crippen LogP contribution in [0, 0.1) is 0 Å². The number of hydrogen-bond donors (Lipinski definition) is 2. The normalized spacial score (nSPS) is 12.5. The first-order chi connectivity index (χ1) is 9.25. The molecule has 2 rings (SSSR count). The molecule has 19 heavy (non-hydrogen) atoms. The Morgan fingerprint density at radius 1 is 1.26 bits per heavy atom. The van der Waals surface area contributed by atoms with Gasteiger partial charge >= 0.3 is 0 Å². The molecule has 4 heteroatoms. The summed E-state index contributed by atoms with van der Waals surface area (Å²) >= 11 is 0. The summed E-state index contributed by atoms with van der Waals surface area (Å²) in [4.78, 5) is 11.6. The Kier molecular flexibility index (Phi) is 4.53. The largest absolute Gasteiger partial charge is 0.467 e. The number of rotatable bonds is 5. The van der Waals surface area contributed by atoms with Gasteiger partial charge in [0.2, 0.25) is 5.91 Å². The van der Waals surface area contributed by atoms with Gasteiger partial charge in [-0.1, -0.05) is 30.3 Å². The lowest BCUT2D eigenvalue weighted by Gasteiger charge is -2.07. The zero-order valence-electron chi connectivity index (χ0n) is 10.3. The van der Waals surface area contributed by atoms with Crippen LogP contribution in [0.2, 0.25) is 0 Å². The number of carbonyl (C=O) groups is 1. The number of benzene rings is 1. The van der Waals surface area contributed by atoms with Crippen LogP contribution in [0.25, 0.3) is 6.08 Å². The molecule has 1 amide bonds. The predicted molar refractivity (Wildman–Crippen MR) is 72.2 cm³/mol. The fourth-order valence-electron chi connectivity index (χ4n) is 1.57. The molecule has 1 atom stereocenters. The summed E-state index contributed by atoms with van der Waals surface area (Å²) in [7, 11) is 0. The minimum Gasteiger partial charge on any atom is -0.467 e. The number of amides is 1. The van der Waals surface area contributed by atoms with Gasteiger partial charge in [0.05, 0.1) is 12.8 Å². The predicted octanol–water partition coefficient (Wildman–Crippen LogP) is 2.14. The van der Waals surface area contributed by atoms with Crippen LogP contribution in [0.1, 0.15) is 17.4 Å². The van der Waals surface area contributed by atoms with E-state index >= 15 is 0 Å². The highest BCUT2D eigenvalue weighted by molar-refractivity contribution is 5.91. The lowest BCUT2D eigenvalue weighted by Crippen LogP contribution is -2.26. The van der Waals surface area contributed by atoms with Crippen LogP contribution in [0.15, 0.2) is 59.2 Å². The molecule has 0 spiro atoms. The SMILES string of the molecule is O=C(/C=C/c1ccccc1)NCC(O)c1ccco1. The Morgan fingerprint density at radius 2 is 2.05 bits per heavy atom. The molecule has 1 aromatic carbocycles. The number of hydrogen-bond acceptors (Lipinski definition) is 3. The van der Waals surface area contributed by atoms with E-state index in [4.69, 9.17) is 4.42 Å². The molecular weight excluding hydrogens is 242 g/mol. The lowest BCUT2D eigenvalue weighted by molar-refractivity contribution is -0.116. The highest BCUT2D eigenvalue weighted by Crippen LogP contribution is 2.11. The third-order valence-electron chi connectivity index (χ3n) is 2.57. The van der Waals surface area contributed by atoms with Gasteiger partial charge in [0.15, 0.2) is 0 Å². The summed E-state index contributed by atoms with van der Waals surface area (Å²) in [6.07, 6.45) is 3.80. The Hall–Kier alpha value is -2.33. The number of furan rings is 1. The van der Waals surface area contributed by atoms with Gasteiger partial charge in [-0.2, -0.15) is 0 Å². The van der Waals surface area contributed by atoms with Crippen molar-refractivity contribution in [3.05, 3.63) is 66.1 Å². The van der Waals surface area contributed by atoms with Gasteiger partial charge in [-0.15, -0.1) is 0 Å². The van der Waals surface area contributed by atoms with Gasteiger partial charge in [-0.25, -0.2) is 0 Å². The van der Waals surface area contributed by atoms with Crippen molar-refractivity contribution >= 4 is 12.0 Å². The highest BCUT2D eigenvalue weighted by Gasteiger charge is 2.10. The second-order valence-corrected chi connectivity index (χ2v) is 4.02. The molecule has 0 radical (unpaired) electrons. The molecule has 0 saturated heterocycles. The van der Waals surface area contributed by atoms with Crippen LogP contribution in [-0.2, 0) is 4.79 Å². The molecule has 1 aromatic heterocycles. The van der Waals surface area contributed by atoms with Crippen molar-refractivity contribution in [3.63, 3.8) is 0 Å². The van der Waals surface area contributed by atoms with Gasteiger partial charge in [-0.05, 0) is 23.8 Å². The van der Waals surface area contributed by atoms with Gasteiger partial charge in [0.1, 0.15) is 11.9 Å². The number of nitrogens with one attached hydrogen (secondary N) is 1. The Labute approximate surface area is 111 Å². The van der Waals surface area contributed by atoms with Crippen LogP contribution in [0.5, 0.6) is 0 Å². The molecule has 0 aliphatic heterocycles. The lowest BCUT2D eigenvalue weighted by atomic mass is 10.2. The smallest absolute Gasteiger partial charge is 0.244 e. The van der Waals surface area contributed by atoms with Crippen molar-refractivity contribution in [1.82, 2.24) is 5.32 Å². The molecule has 0 aliphatic rings. The molecule has 2 aromatic rings. The number of aliphatic hydroxyl groups excluding tert-OH is 1. The maximum Gasteiger partial charge on any atom is 0.244 e. The molecule has 1 heterocycles. The summed E-state index contributed by atoms with van der Waals surface area (Å²) < 4.78 is 5.04. The zero-order chi connectivity index (χ0) is 13.5. The van der Waals surface area contributed by atoms with Crippen molar-refractivity contribution < 1.29 is 14.3 Å². The average Bonchev–Trinajstić information content (AvgIpc) is 2.98. The zero-order valence-corrected chi connectivity index (χ0v) is 10.3. The fourth-order valence-corrected chi connectivity index (χ4v) is 1.57. The molecule has 0 fully saturated rings. The van der Waals surface area contributed by atoms with E-state index in [0.717, 1.165) is 5.56 Å². The van der Waals surface area contributed by atoms with Gasteiger partial charge in [0.25, 0.3) is 0 Å². The first-order valence-electron chi connectivity index (χ1n) is 5.98. The fraction of sp³-hybridized carbons (Fsp3) is 0.133. The van der Waals surface area contributed by atoms with Gasteiger partial charge < -0.3 is 14.8 Å². The van der Waals surface area contributed by atoms with Gasteiger partial charge in [0, 0.05) is 6.08 Å². The van der Waals surface area contributed by atoms with Crippen LogP contribution < -0.4 is 5.32 Å². The maximum atomic E-state index is 11.6. The van der Waals surface area contributed by atoms with E-state index in [9.17, 15) is 9.90 Å². The van der Waals surface area contributed by atoms with Crippen molar-refractivity contribution in [2.75, 3.05) is 6.54 Å².